The van der Waals surface area contributed by atoms with Crippen LogP contribution in [-0.4, -0.2) is 39.7 Å². The lowest BCUT2D eigenvalue weighted by atomic mass is 9.75. The average molecular weight is 290 g/mol. The molecule has 0 radical (unpaired) electrons. The number of imidazole rings is 1. The first kappa shape index (κ1) is 11.4. The predicted octanol–water partition coefficient (Wildman–Crippen LogP) is 2.55. The van der Waals surface area contributed by atoms with Crippen LogP contribution in [0.25, 0.3) is 11.0 Å². The van der Waals surface area contributed by atoms with Crippen LogP contribution in [0.15, 0.2) is 18.2 Å². The molecule has 0 unspecified atom stereocenters. The lowest BCUT2D eigenvalue weighted by molar-refractivity contribution is -0.0831. The number of hydrogen-bond donors (Lipinski definition) is 0. The topological polar surface area (TPSA) is 30.3 Å². The molecule has 2 aromatic rings. The van der Waals surface area contributed by atoms with Gasteiger partial charge in [-0.05, 0) is 38.1 Å². The van der Waals surface area contributed by atoms with Gasteiger partial charge >= 0.3 is 0 Å². The van der Waals surface area contributed by atoms with Crippen LogP contribution < -0.4 is 4.74 Å². The minimum Gasteiger partial charge on any atom is -0.454 e. The number of halogens is 1. The number of ether oxygens (including phenoxy) is 1. The molecule has 5 heteroatoms. The molecule has 4 aliphatic heterocycles. The smallest absolute Gasteiger partial charge is 0.298 e. The molecule has 0 aliphatic carbocycles. The minimum absolute atomic E-state index is 0.0463. The fraction of sp³-hybridized carbons (Fsp3) is 0.533. The molecule has 1 aromatic heterocycles. The Bertz CT molecular complexity index is 704. The molecule has 1 spiro atoms. The predicted molar refractivity (Wildman–Crippen MR) is 77.3 cm³/mol. The molecule has 4 nitrogen and oxygen atoms in total. The van der Waals surface area contributed by atoms with Crippen molar-refractivity contribution in [3.05, 3.63) is 23.2 Å². The number of rotatable bonds is 0. The summed E-state index contributed by atoms with van der Waals surface area (Å²) >= 11 is 6.22. The average Bonchev–Trinajstić information content (AvgIpc) is 2.96. The Labute approximate surface area is 122 Å². The van der Waals surface area contributed by atoms with Gasteiger partial charge in [-0.2, -0.15) is 4.98 Å². The van der Waals surface area contributed by atoms with E-state index in [1.807, 2.05) is 12.1 Å². The van der Waals surface area contributed by atoms with Gasteiger partial charge in [-0.1, -0.05) is 17.7 Å². The van der Waals surface area contributed by atoms with E-state index in [0.717, 1.165) is 30.1 Å². The molecular formula is C15H16ClN3O. The van der Waals surface area contributed by atoms with Gasteiger partial charge in [0.15, 0.2) is 0 Å². The van der Waals surface area contributed by atoms with Crippen LogP contribution in [0.3, 0.4) is 0 Å². The van der Waals surface area contributed by atoms with Crippen molar-refractivity contribution >= 4 is 22.6 Å². The molecule has 3 fully saturated rings. The number of para-hydroxylation sites is 1. The Kier molecular flexibility index (Phi) is 2.10. The monoisotopic (exact) mass is 289 g/mol. The van der Waals surface area contributed by atoms with Crippen molar-refractivity contribution in [3.63, 3.8) is 0 Å². The van der Waals surface area contributed by atoms with Crippen molar-refractivity contribution in [1.29, 1.82) is 0 Å². The van der Waals surface area contributed by atoms with Crippen LogP contribution in [-0.2, 0) is 6.54 Å². The molecular weight excluding hydrogens is 274 g/mol. The third kappa shape index (κ3) is 1.33. The second-order valence-electron chi connectivity index (χ2n) is 6.31. The van der Waals surface area contributed by atoms with Crippen LogP contribution in [0.5, 0.6) is 6.01 Å². The number of hydrogen-bond acceptors (Lipinski definition) is 3. The van der Waals surface area contributed by atoms with Gasteiger partial charge < -0.3 is 4.74 Å². The summed E-state index contributed by atoms with van der Waals surface area (Å²) in [7, 11) is 0. The number of fused-ring (bicyclic) bond motifs is 5. The molecule has 5 heterocycles. The van der Waals surface area contributed by atoms with Crippen molar-refractivity contribution < 1.29 is 4.74 Å². The fourth-order valence-corrected chi connectivity index (χ4v) is 4.44. The van der Waals surface area contributed by atoms with Gasteiger partial charge in [0, 0.05) is 12.5 Å². The molecule has 0 amide bonds. The van der Waals surface area contributed by atoms with Gasteiger partial charge in [0.25, 0.3) is 6.01 Å². The highest BCUT2D eigenvalue weighted by Gasteiger charge is 2.53. The molecule has 0 saturated carbocycles. The summed E-state index contributed by atoms with van der Waals surface area (Å²) in [6.07, 6.45) is 2.51. The van der Waals surface area contributed by atoms with Crippen LogP contribution in [0, 0.1) is 5.92 Å². The van der Waals surface area contributed by atoms with E-state index < -0.39 is 0 Å². The first-order chi connectivity index (χ1) is 9.75. The molecule has 20 heavy (non-hydrogen) atoms. The van der Waals surface area contributed by atoms with Crippen molar-refractivity contribution in [3.8, 4) is 6.01 Å². The second kappa shape index (κ2) is 3.68. The Balaban J connectivity index is 1.61. The molecule has 6 rings (SSSR count). The van der Waals surface area contributed by atoms with Gasteiger partial charge in [0.05, 0.1) is 17.1 Å². The number of aromatic nitrogens is 2. The number of benzene rings is 1. The zero-order chi connectivity index (χ0) is 13.3. The second-order valence-corrected chi connectivity index (χ2v) is 6.71. The molecule has 1 atom stereocenters. The standard InChI is InChI=1S/C15H16ClN3O/c16-11-2-1-3-12-13(11)17-14-19(12)9-15(20-14)8-18-6-4-10(15)5-7-18/h1-3,10H,4-9H2/t15-/m1/s1. The van der Waals surface area contributed by atoms with Crippen LogP contribution >= 0.6 is 11.6 Å². The Morgan fingerprint density at radius 2 is 2.10 bits per heavy atom. The Morgan fingerprint density at radius 1 is 1.25 bits per heavy atom. The van der Waals surface area contributed by atoms with E-state index >= 15 is 0 Å². The summed E-state index contributed by atoms with van der Waals surface area (Å²) in [5.41, 5.74) is 1.91. The third-order valence-electron chi connectivity index (χ3n) is 5.24. The Hall–Kier alpha value is -1.26. The molecule has 3 saturated heterocycles. The first-order valence-electron chi connectivity index (χ1n) is 7.31. The van der Waals surface area contributed by atoms with Gasteiger partial charge in [-0.15, -0.1) is 0 Å². The lowest BCUT2D eigenvalue weighted by Crippen LogP contribution is -2.61. The van der Waals surface area contributed by atoms with Crippen molar-refractivity contribution in [2.24, 2.45) is 5.92 Å². The highest BCUT2D eigenvalue weighted by Crippen LogP contribution is 2.45. The summed E-state index contributed by atoms with van der Waals surface area (Å²) in [5.74, 6) is 0.670. The van der Waals surface area contributed by atoms with E-state index in [-0.39, 0.29) is 5.60 Å². The summed E-state index contributed by atoms with van der Waals surface area (Å²) in [4.78, 5) is 7.15. The molecule has 2 bridgehead atoms. The van der Waals surface area contributed by atoms with E-state index in [1.54, 1.807) is 0 Å². The summed E-state index contributed by atoms with van der Waals surface area (Å²) in [6, 6.07) is 6.71. The molecule has 1 aromatic carbocycles. The quantitative estimate of drug-likeness (QED) is 0.747. The zero-order valence-corrected chi connectivity index (χ0v) is 11.9. The highest BCUT2D eigenvalue weighted by atomic mass is 35.5. The van der Waals surface area contributed by atoms with E-state index in [1.165, 1.54) is 25.9 Å². The Morgan fingerprint density at radius 3 is 2.85 bits per heavy atom. The summed E-state index contributed by atoms with van der Waals surface area (Å²) in [6.45, 7) is 4.42. The normalized spacial score (nSPS) is 34.6. The van der Waals surface area contributed by atoms with Gasteiger partial charge in [-0.3, -0.25) is 9.47 Å². The first-order valence-corrected chi connectivity index (χ1v) is 7.69. The van der Waals surface area contributed by atoms with Crippen molar-refractivity contribution in [2.45, 2.75) is 25.0 Å². The number of piperidine rings is 3. The van der Waals surface area contributed by atoms with Gasteiger partial charge in [0.2, 0.25) is 0 Å². The summed E-state index contributed by atoms with van der Waals surface area (Å²) in [5, 5.41) is 0.705. The number of nitrogens with zero attached hydrogens (tertiary/aromatic N) is 3. The lowest BCUT2D eigenvalue weighted by Gasteiger charge is -2.50. The van der Waals surface area contributed by atoms with E-state index in [2.05, 4.69) is 20.5 Å². The fourth-order valence-electron chi connectivity index (χ4n) is 4.22. The van der Waals surface area contributed by atoms with Crippen molar-refractivity contribution in [1.82, 2.24) is 14.5 Å². The largest absolute Gasteiger partial charge is 0.454 e. The van der Waals surface area contributed by atoms with E-state index in [0.29, 0.717) is 10.9 Å². The maximum atomic E-state index is 6.36. The molecule has 0 N–H and O–H groups in total. The zero-order valence-electron chi connectivity index (χ0n) is 11.2. The summed E-state index contributed by atoms with van der Waals surface area (Å²) < 4.78 is 8.57. The van der Waals surface area contributed by atoms with Crippen molar-refractivity contribution in [2.75, 3.05) is 19.6 Å². The van der Waals surface area contributed by atoms with Crippen LogP contribution in [0.4, 0.5) is 0 Å². The van der Waals surface area contributed by atoms with Gasteiger partial charge in [0.1, 0.15) is 11.1 Å². The van der Waals surface area contributed by atoms with Crippen LogP contribution in [0.1, 0.15) is 12.8 Å². The van der Waals surface area contributed by atoms with E-state index in [4.69, 9.17) is 16.3 Å². The SMILES string of the molecule is Clc1cccc2c1nc1n2C[C@@]2(CN3CCC2CC3)O1. The molecule has 4 aliphatic rings. The highest BCUT2D eigenvalue weighted by molar-refractivity contribution is 6.34. The minimum atomic E-state index is -0.0463. The maximum Gasteiger partial charge on any atom is 0.298 e. The van der Waals surface area contributed by atoms with E-state index in [9.17, 15) is 0 Å². The molecule has 104 valence electrons. The maximum absolute atomic E-state index is 6.36. The van der Waals surface area contributed by atoms with Gasteiger partial charge in [-0.25, -0.2) is 0 Å². The van der Waals surface area contributed by atoms with Crippen LogP contribution in [0.2, 0.25) is 5.02 Å². The third-order valence-corrected chi connectivity index (χ3v) is 5.54.